The Morgan fingerprint density at radius 1 is 0.400 bits per heavy atom. The molecule has 0 fully saturated rings. The van der Waals surface area contributed by atoms with Crippen molar-refractivity contribution in [2.75, 3.05) is 0 Å². The van der Waals surface area contributed by atoms with Crippen molar-refractivity contribution in [1.82, 2.24) is 0 Å². The van der Waals surface area contributed by atoms with Crippen LogP contribution in [0.1, 0.15) is 123 Å². The summed E-state index contributed by atoms with van der Waals surface area (Å²) >= 11 is 0. The lowest BCUT2D eigenvalue weighted by Gasteiger charge is -2.34. The van der Waals surface area contributed by atoms with Crippen LogP contribution in [0.25, 0.3) is 93.5 Å². The molecular formula is C74H70O. The highest BCUT2D eigenvalue weighted by Gasteiger charge is 2.43. The van der Waals surface area contributed by atoms with E-state index in [1.165, 1.54) is 105 Å². The van der Waals surface area contributed by atoms with E-state index in [1.54, 1.807) is 0 Å². The predicted octanol–water partition coefficient (Wildman–Crippen LogP) is 20.4. The highest BCUT2D eigenvalue weighted by atomic mass is 16.1. The van der Waals surface area contributed by atoms with Gasteiger partial charge in [-0.1, -0.05) is 240 Å². The summed E-state index contributed by atoms with van der Waals surface area (Å²) in [4.78, 5) is 16.3. The van der Waals surface area contributed by atoms with Crippen LogP contribution in [-0.2, 0) is 15.6 Å². The lowest BCUT2D eigenvalue weighted by atomic mass is 9.70. The van der Waals surface area contributed by atoms with Crippen molar-refractivity contribution in [3.8, 4) is 44.5 Å². The van der Waals surface area contributed by atoms with Crippen molar-refractivity contribution < 1.29 is 4.79 Å². The Morgan fingerprint density at radius 3 is 1.51 bits per heavy atom. The van der Waals surface area contributed by atoms with Crippen LogP contribution in [-0.4, -0.2) is 5.78 Å². The van der Waals surface area contributed by atoms with Gasteiger partial charge in [-0.25, -0.2) is 0 Å². The van der Waals surface area contributed by atoms with Gasteiger partial charge >= 0.3 is 0 Å². The maximum Gasteiger partial charge on any atom is 0.191 e. The number of fused-ring (bicyclic) bond motifs is 11. The molecule has 0 saturated heterocycles. The van der Waals surface area contributed by atoms with E-state index >= 15 is 4.79 Å². The van der Waals surface area contributed by atoms with Gasteiger partial charge in [-0.15, -0.1) is 0 Å². The molecule has 0 radical (unpaired) electrons. The molecule has 4 aliphatic rings. The Kier molecular flexibility index (Phi) is 11.1. The van der Waals surface area contributed by atoms with Crippen molar-refractivity contribution in [2.45, 2.75) is 107 Å². The fourth-order valence-electron chi connectivity index (χ4n) is 12.7. The lowest BCUT2D eigenvalue weighted by Crippen LogP contribution is -2.23. The number of allylic oxidation sites excluding steroid dienone is 8. The van der Waals surface area contributed by atoms with Gasteiger partial charge in [0, 0.05) is 22.6 Å². The monoisotopic (exact) mass is 975 g/mol. The summed E-state index contributed by atoms with van der Waals surface area (Å²) < 4.78 is 0. The number of aryl methyl sites for hydroxylation is 1. The van der Waals surface area contributed by atoms with Crippen molar-refractivity contribution >= 4 is 54.8 Å². The van der Waals surface area contributed by atoms with Crippen LogP contribution in [0.15, 0.2) is 187 Å². The number of carbonyl (C=O) groups is 1. The highest BCUT2D eigenvalue weighted by Crippen LogP contribution is 2.60. The fourth-order valence-corrected chi connectivity index (χ4v) is 12.7. The minimum atomic E-state index is -0.120. The third kappa shape index (κ3) is 7.91. The first-order valence-electron chi connectivity index (χ1n) is 27.3. The summed E-state index contributed by atoms with van der Waals surface area (Å²) in [5.74, 6) is 0.0597. The molecule has 12 rings (SSSR count). The van der Waals surface area contributed by atoms with E-state index in [1.807, 2.05) is 0 Å². The van der Waals surface area contributed by atoms with Gasteiger partial charge in [0.15, 0.2) is 5.78 Å². The van der Waals surface area contributed by atoms with Gasteiger partial charge in [0.05, 0.1) is 0 Å². The molecule has 8 aromatic rings. The first kappa shape index (κ1) is 48.6. The summed E-state index contributed by atoms with van der Waals surface area (Å²) in [5, 5.41) is 7.40. The summed E-state index contributed by atoms with van der Waals surface area (Å²) in [6, 6.07) is 59.2. The number of Topliss-reactive ketones (excluding diaryl/α,β-unsaturated/α-hetero) is 1. The number of benzene rings is 7. The molecule has 0 aliphatic heterocycles. The second-order valence-corrected chi connectivity index (χ2v) is 26.1. The van der Waals surface area contributed by atoms with E-state index in [9.17, 15) is 0 Å². The number of rotatable bonds is 4. The molecule has 0 heterocycles. The summed E-state index contributed by atoms with van der Waals surface area (Å²) in [6.07, 6.45) is 5.70. The molecule has 1 nitrogen and oxygen atoms in total. The first-order chi connectivity index (χ1) is 35.6. The van der Waals surface area contributed by atoms with Gasteiger partial charge in [0.2, 0.25) is 0 Å². The molecule has 0 amide bonds. The molecule has 372 valence electrons. The zero-order valence-electron chi connectivity index (χ0n) is 46.4. The van der Waals surface area contributed by atoms with Gasteiger partial charge in [-0.3, -0.25) is 4.79 Å². The summed E-state index contributed by atoms with van der Waals surface area (Å²) in [5.41, 5.74) is 23.2. The Balaban J connectivity index is 1.20. The van der Waals surface area contributed by atoms with Crippen LogP contribution >= 0.6 is 0 Å². The molecule has 4 aliphatic carbocycles. The molecule has 1 heteroatoms. The van der Waals surface area contributed by atoms with Gasteiger partial charge in [-0.2, -0.15) is 0 Å². The maximum absolute atomic E-state index is 16.3. The number of hydrogen-bond donors (Lipinski definition) is 0. The van der Waals surface area contributed by atoms with E-state index in [-0.39, 0.29) is 33.4 Å². The molecule has 1 atom stereocenters. The van der Waals surface area contributed by atoms with Gasteiger partial charge in [0.1, 0.15) is 0 Å². The molecule has 0 N–H and O–H groups in total. The van der Waals surface area contributed by atoms with Crippen LogP contribution in [0.5, 0.6) is 0 Å². The summed E-state index contributed by atoms with van der Waals surface area (Å²) in [7, 11) is 0. The average molecular weight is 975 g/mol. The maximum atomic E-state index is 16.3. The third-order valence-corrected chi connectivity index (χ3v) is 16.9. The van der Waals surface area contributed by atoms with Crippen molar-refractivity contribution in [3.63, 3.8) is 0 Å². The van der Waals surface area contributed by atoms with Crippen molar-refractivity contribution in [1.29, 1.82) is 0 Å². The van der Waals surface area contributed by atoms with E-state index in [2.05, 4.69) is 260 Å². The van der Waals surface area contributed by atoms with Crippen molar-refractivity contribution in [2.24, 2.45) is 16.7 Å². The molecule has 75 heavy (non-hydrogen) atoms. The first-order valence-corrected chi connectivity index (χ1v) is 27.3. The molecule has 1 unspecified atom stereocenters. The minimum Gasteiger partial charge on any atom is -0.289 e. The van der Waals surface area contributed by atoms with E-state index in [4.69, 9.17) is 0 Å². The zero-order valence-corrected chi connectivity index (χ0v) is 46.4. The van der Waals surface area contributed by atoms with Crippen LogP contribution in [0.2, 0.25) is 0 Å². The number of carbonyl (C=O) groups excluding carboxylic acids is 1. The Bertz CT molecular complexity index is 3950. The zero-order chi connectivity index (χ0) is 52.7. The van der Waals surface area contributed by atoms with Gasteiger partial charge in [-0.05, 0) is 175 Å². The fraction of sp³-hybridized carbons (Fsp3) is 0.257. The van der Waals surface area contributed by atoms with E-state index in [0.717, 1.165) is 45.4 Å². The van der Waals surface area contributed by atoms with Crippen LogP contribution in [0.3, 0.4) is 0 Å². The third-order valence-electron chi connectivity index (χ3n) is 16.9. The smallest absolute Gasteiger partial charge is 0.191 e. The Morgan fingerprint density at radius 2 is 0.933 bits per heavy atom. The van der Waals surface area contributed by atoms with Crippen LogP contribution < -0.4 is 0 Å². The van der Waals surface area contributed by atoms with E-state index in [0.29, 0.717) is 0 Å². The van der Waals surface area contributed by atoms with Crippen LogP contribution in [0, 0.1) is 23.7 Å². The second-order valence-electron chi connectivity index (χ2n) is 26.1. The molecule has 8 aromatic carbocycles. The number of ketones is 1. The Labute approximate surface area is 445 Å². The normalized spacial score (nSPS) is 16.2. The van der Waals surface area contributed by atoms with Gasteiger partial charge in [0.25, 0.3) is 0 Å². The minimum absolute atomic E-state index is 0.0657. The largest absolute Gasteiger partial charge is 0.289 e. The summed E-state index contributed by atoms with van der Waals surface area (Å²) in [6.45, 7) is 30.0. The van der Waals surface area contributed by atoms with Gasteiger partial charge < -0.3 is 0 Å². The van der Waals surface area contributed by atoms with Crippen LogP contribution in [0.4, 0.5) is 0 Å². The molecule has 0 spiro atoms. The second kappa shape index (κ2) is 17.1. The van der Waals surface area contributed by atoms with Crippen molar-refractivity contribution in [3.05, 3.63) is 220 Å². The SMILES string of the molecule is Cc1cccc2cc(cc3c1cc1c4c(cccc43)-c3c-1c(-c1ccccc1)c1ccccc1c3-c1ccccc1)C1=C(C3C=C(C(C)(C)C)C=C(C(C)(C)C)C3)C(=O)C(c3cc(C(C)(C)C)cc(C(C)(C)C)c3)=C12. The molecule has 2 bridgehead atoms. The average Bonchev–Trinajstić information content (AvgIpc) is 4.05. The quantitative estimate of drug-likeness (QED) is 0.172. The Hall–Kier alpha value is -7.35. The molecule has 0 aromatic heterocycles. The highest BCUT2D eigenvalue weighted by molar-refractivity contribution is 6.48. The molecular weight excluding hydrogens is 905 g/mol. The number of hydrogen-bond acceptors (Lipinski definition) is 1. The van der Waals surface area contributed by atoms with E-state index < -0.39 is 0 Å². The predicted molar refractivity (Wildman–Crippen MR) is 322 cm³/mol. The standard InChI is InChI=1S/C74H70O/c1-43-24-22-29-46-34-47(64-63(46)65(48-35-50(71(2,3)4)40-51(36-48)72(5,6)7)70(75)66(64)49-37-52(73(8,9)10)41-53(38-49)74(11,12)13)39-59-56-32-23-33-57-67(56)60(42-58(43)59)69-62(45-27-18-15-19-28-45)55-31-21-20-30-54(55)61(68(57)69)44-25-16-14-17-26-44/h14-37,39-42,49H,38H2,1-13H3. The molecule has 0 saturated carbocycles. The topological polar surface area (TPSA) is 17.1 Å². The lowest BCUT2D eigenvalue weighted by molar-refractivity contribution is -0.110.